The van der Waals surface area contributed by atoms with Crippen LogP contribution in [0.3, 0.4) is 0 Å². The Balaban J connectivity index is 2.22. The number of hydrogen-bond acceptors (Lipinski definition) is 4. The number of rotatable bonds is 4. The second-order valence-corrected chi connectivity index (χ2v) is 5.74. The Bertz CT molecular complexity index is 621. The monoisotopic (exact) mass is 289 g/mol. The molecule has 1 amide bonds. The summed E-state index contributed by atoms with van der Waals surface area (Å²) >= 11 is 1.26. The Hall–Kier alpha value is -1.88. The Morgan fingerprint density at radius 3 is 2.60 bits per heavy atom. The summed E-state index contributed by atoms with van der Waals surface area (Å²) in [6, 6.07) is 8.12. The quantitative estimate of drug-likeness (QED) is 0.941. The Kier molecular flexibility index (Phi) is 4.39. The van der Waals surface area contributed by atoms with E-state index in [4.69, 9.17) is 5.73 Å². The van der Waals surface area contributed by atoms with Crippen LogP contribution >= 0.6 is 11.3 Å². The molecule has 2 aromatic rings. The lowest BCUT2D eigenvalue weighted by Gasteiger charge is -2.21. The first-order valence-corrected chi connectivity index (χ1v) is 7.41. The summed E-state index contributed by atoms with van der Waals surface area (Å²) in [5, 5.41) is 0.442. The number of benzene rings is 1. The molecule has 1 aromatic carbocycles. The van der Waals surface area contributed by atoms with Crippen LogP contribution in [0.5, 0.6) is 0 Å². The summed E-state index contributed by atoms with van der Waals surface area (Å²) in [7, 11) is 0. The van der Waals surface area contributed by atoms with Crippen LogP contribution in [-0.2, 0) is 6.54 Å². The molecule has 5 heteroatoms. The lowest BCUT2D eigenvalue weighted by molar-refractivity contribution is 0.0756. The molecule has 106 valence electrons. The molecule has 0 saturated carbocycles. The van der Waals surface area contributed by atoms with Gasteiger partial charge in [-0.3, -0.25) is 4.79 Å². The minimum atomic E-state index is 0.00227. The fourth-order valence-corrected chi connectivity index (χ4v) is 2.88. The van der Waals surface area contributed by atoms with E-state index < -0.39 is 0 Å². The average molecular weight is 289 g/mol. The van der Waals surface area contributed by atoms with Crippen molar-refractivity contribution >= 4 is 22.4 Å². The first-order chi connectivity index (χ1) is 9.52. The van der Waals surface area contributed by atoms with Crippen molar-refractivity contribution in [2.75, 3.05) is 12.3 Å². The number of anilines is 1. The highest BCUT2D eigenvalue weighted by Gasteiger charge is 2.20. The third-order valence-electron chi connectivity index (χ3n) is 3.30. The maximum atomic E-state index is 12.6. The summed E-state index contributed by atoms with van der Waals surface area (Å²) in [4.78, 5) is 19.1. The first-order valence-electron chi connectivity index (χ1n) is 6.59. The molecule has 0 atom stereocenters. The van der Waals surface area contributed by atoms with Crippen LogP contribution in [-0.4, -0.2) is 22.3 Å². The van der Waals surface area contributed by atoms with Gasteiger partial charge < -0.3 is 10.6 Å². The minimum absolute atomic E-state index is 0.00227. The largest absolute Gasteiger partial charge is 0.375 e. The molecule has 1 aromatic heterocycles. The normalized spacial score (nSPS) is 10.6. The third-order valence-corrected chi connectivity index (χ3v) is 4.27. The number of carbonyl (C=O) groups excluding carboxylic acids is 1. The summed E-state index contributed by atoms with van der Waals surface area (Å²) in [5.74, 6) is 0.00227. The lowest BCUT2D eigenvalue weighted by atomic mass is 10.1. The van der Waals surface area contributed by atoms with Gasteiger partial charge in [0, 0.05) is 13.1 Å². The van der Waals surface area contributed by atoms with E-state index in [1.165, 1.54) is 16.9 Å². The van der Waals surface area contributed by atoms with Crippen LogP contribution in [0.25, 0.3) is 0 Å². The van der Waals surface area contributed by atoms with Crippen molar-refractivity contribution in [2.45, 2.75) is 27.3 Å². The van der Waals surface area contributed by atoms with Gasteiger partial charge in [-0.25, -0.2) is 4.98 Å². The van der Waals surface area contributed by atoms with Gasteiger partial charge in [0.25, 0.3) is 5.91 Å². The molecule has 0 bridgehead atoms. The van der Waals surface area contributed by atoms with Gasteiger partial charge >= 0.3 is 0 Å². The van der Waals surface area contributed by atoms with Crippen molar-refractivity contribution in [3.8, 4) is 0 Å². The number of thiazole rings is 1. The van der Waals surface area contributed by atoms with Crippen molar-refractivity contribution in [1.29, 1.82) is 0 Å². The van der Waals surface area contributed by atoms with Crippen molar-refractivity contribution in [1.82, 2.24) is 9.88 Å². The van der Waals surface area contributed by atoms with E-state index in [1.54, 1.807) is 0 Å². The minimum Gasteiger partial charge on any atom is -0.375 e. The van der Waals surface area contributed by atoms with Crippen LogP contribution in [0.1, 0.15) is 33.4 Å². The zero-order chi connectivity index (χ0) is 14.7. The van der Waals surface area contributed by atoms with E-state index in [0.717, 1.165) is 5.56 Å². The lowest BCUT2D eigenvalue weighted by Crippen LogP contribution is -2.30. The number of amides is 1. The van der Waals surface area contributed by atoms with Gasteiger partial charge in [-0.15, -0.1) is 0 Å². The summed E-state index contributed by atoms with van der Waals surface area (Å²) < 4.78 is 0. The summed E-state index contributed by atoms with van der Waals surface area (Å²) in [6.07, 6.45) is 0. The molecule has 0 unspecified atom stereocenters. The molecule has 0 radical (unpaired) electrons. The van der Waals surface area contributed by atoms with Crippen LogP contribution in [0.15, 0.2) is 24.3 Å². The van der Waals surface area contributed by atoms with Gasteiger partial charge in [-0.1, -0.05) is 35.6 Å². The van der Waals surface area contributed by atoms with Crippen LogP contribution < -0.4 is 5.73 Å². The fourth-order valence-electron chi connectivity index (χ4n) is 2.08. The molecule has 0 aliphatic rings. The number of hydrogen-bond donors (Lipinski definition) is 1. The standard InChI is InChI=1S/C15H19N3OS/c1-4-18(9-12-8-6-5-7-10(12)2)14(19)13-11(3)17-15(16)20-13/h5-8H,4,9H2,1-3H3,(H2,16,17). The number of carbonyl (C=O) groups is 1. The Morgan fingerprint density at radius 1 is 1.35 bits per heavy atom. The van der Waals surface area contributed by atoms with Gasteiger partial charge in [0.15, 0.2) is 5.13 Å². The van der Waals surface area contributed by atoms with Crippen molar-refractivity contribution in [2.24, 2.45) is 0 Å². The maximum absolute atomic E-state index is 12.6. The number of aryl methyl sites for hydroxylation is 2. The van der Waals surface area contributed by atoms with E-state index in [2.05, 4.69) is 24.0 Å². The zero-order valence-corrected chi connectivity index (χ0v) is 12.8. The number of aromatic nitrogens is 1. The summed E-state index contributed by atoms with van der Waals surface area (Å²) in [5.41, 5.74) is 8.74. The smallest absolute Gasteiger partial charge is 0.266 e. The average Bonchev–Trinajstić information content (AvgIpc) is 2.76. The van der Waals surface area contributed by atoms with E-state index in [9.17, 15) is 4.79 Å². The van der Waals surface area contributed by atoms with Crippen molar-refractivity contribution < 1.29 is 4.79 Å². The van der Waals surface area contributed by atoms with E-state index in [1.807, 2.05) is 30.9 Å². The van der Waals surface area contributed by atoms with Crippen LogP contribution in [0.2, 0.25) is 0 Å². The predicted octanol–water partition coefficient (Wildman–Crippen LogP) is 3.00. The van der Waals surface area contributed by atoms with E-state index in [0.29, 0.717) is 28.8 Å². The molecule has 0 spiro atoms. The van der Waals surface area contributed by atoms with Gasteiger partial charge in [0.05, 0.1) is 5.69 Å². The van der Waals surface area contributed by atoms with Crippen LogP contribution in [0.4, 0.5) is 5.13 Å². The van der Waals surface area contributed by atoms with Crippen molar-refractivity contribution in [3.63, 3.8) is 0 Å². The molecule has 0 aliphatic carbocycles. The Labute approximate surface area is 123 Å². The predicted molar refractivity (Wildman–Crippen MR) is 82.9 cm³/mol. The highest BCUT2D eigenvalue weighted by atomic mass is 32.1. The zero-order valence-electron chi connectivity index (χ0n) is 12.0. The van der Waals surface area contributed by atoms with Gasteiger partial charge in [0.2, 0.25) is 0 Å². The number of nitrogens with two attached hydrogens (primary N) is 1. The second kappa shape index (κ2) is 6.05. The van der Waals surface area contributed by atoms with Crippen LogP contribution in [0, 0.1) is 13.8 Å². The molecule has 4 nitrogen and oxygen atoms in total. The topological polar surface area (TPSA) is 59.2 Å². The summed E-state index contributed by atoms with van der Waals surface area (Å²) in [6.45, 7) is 7.13. The van der Waals surface area contributed by atoms with Gasteiger partial charge in [0.1, 0.15) is 4.88 Å². The van der Waals surface area contributed by atoms with Gasteiger partial charge in [-0.2, -0.15) is 0 Å². The SMILES string of the molecule is CCN(Cc1ccccc1C)C(=O)c1sc(N)nc1C. The molecule has 2 rings (SSSR count). The van der Waals surface area contributed by atoms with Crippen molar-refractivity contribution in [3.05, 3.63) is 46.0 Å². The third kappa shape index (κ3) is 2.99. The highest BCUT2D eigenvalue weighted by Crippen LogP contribution is 2.22. The number of nitrogen functional groups attached to an aromatic ring is 1. The van der Waals surface area contributed by atoms with E-state index >= 15 is 0 Å². The molecular formula is C15H19N3OS. The molecule has 0 aliphatic heterocycles. The van der Waals surface area contributed by atoms with Gasteiger partial charge in [-0.05, 0) is 31.9 Å². The van der Waals surface area contributed by atoms with E-state index in [-0.39, 0.29) is 5.91 Å². The first kappa shape index (κ1) is 14.5. The molecule has 20 heavy (non-hydrogen) atoms. The maximum Gasteiger partial charge on any atom is 0.266 e. The molecule has 1 heterocycles. The second-order valence-electron chi connectivity index (χ2n) is 4.71. The Morgan fingerprint density at radius 2 is 2.05 bits per heavy atom. The molecular weight excluding hydrogens is 270 g/mol. The fraction of sp³-hybridized carbons (Fsp3) is 0.333. The molecule has 0 fully saturated rings. The highest BCUT2D eigenvalue weighted by molar-refractivity contribution is 7.17. The number of nitrogens with zero attached hydrogens (tertiary/aromatic N) is 2. The molecule has 2 N–H and O–H groups in total. The molecule has 0 saturated heterocycles.